The van der Waals surface area contributed by atoms with Crippen LogP contribution >= 0.6 is 0 Å². The summed E-state index contributed by atoms with van der Waals surface area (Å²) in [5.41, 5.74) is 6.05. The van der Waals surface area contributed by atoms with E-state index in [-0.39, 0.29) is 85.2 Å². The van der Waals surface area contributed by atoms with E-state index in [1.165, 1.54) is 0 Å². The summed E-state index contributed by atoms with van der Waals surface area (Å²) in [4.78, 5) is 18.9. The molecule has 0 aliphatic carbocycles. The SMILES string of the molecule is OCCN(CCO)CCN(CCN(CCO)CCO)c1ccc(C(c2ccc(N(CCN(CCO)CCO)CCN(CCO)CCO)cc2)c2ccc(N(CCN(CCO)CCO)CCN(CCO)CCO)cc2)cc1. The number of hydrogen-bond donors (Lipinski definition) is 12. The van der Waals surface area contributed by atoms with E-state index in [0.29, 0.717) is 157 Å². The van der Waals surface area contributed by atoms with Crippen LogP contribution in [0.2, 0.25) is 0 Å². The summed E-state index contributed by atoms with van der Waals surface area (Å²) < 4.78 is 0. The first-order valence-electron chi connectivity index (χ1n) is 27.4. The highest BCUT2D eigenvalue weighted by Crippen LogP contribution is 2.35. The normalized spacial score (nSPS) is 12.0. The molecule has 434 valence electrons. The van der Waals surface area contributed by atoms with Crippen LogP contribution in [0.5, 0.6) is 0 Å². The summed E-state index contributed by atoms with van der Waals surface area (Å²) in [5, 5.41) is 117. The van der Waals surface area contributed by atoms with Crippen molar-refractivity contribution < 1.29 is 61.3 Å². The summed E-state index contributed by atoms with van der Waals surface area (Å²) in [6, 6.07) is 25.6. The molecular formula is C55H97N9O12. The van der Waals surface area contributed by atoms with Gasteiger partial charge in [0.05, 0.1) is 79.3 Å². The maximum atomic E-state index is 9.75. The van der Waals surface area contributed by atoms with Crippen molar-refractivity contribution in [1.29, 1.82) is 0 Å². The number of benzene rings is 3. The molecule has 0 saturated carbocycles. The zero-order chi connectivity index (χ0) is 55.2. The van der Waals surface area contributed by atoms with Crippen LogP contribution in [0, 0.1) is 0 Å². The zero-order valence-electron chi connectivity index (χ0n) is 45.4. The lowest BCUT2D eigenvalue weighted by molar-refractivity contribution is 0.158. The molecule has 0 spiro atoms. The fourth-order valence-electron chi connectivity index (χ4n) is 9.60. The molecule has 76 heavy (non-hydrogen) atoms. The van der Waals surface area contributed by atoms with Crippen LogP contribution in [0.1, 0.15) is 22.6 Å². The van der Waals surface area contributed by atoms with Crippen molar-refractivity contribution in [3.05, 3.63) is 89.5 Å². The van der Waals surface area contributed by atoms with E-state index in [2.05, 4.69) is 87.5 Å². The summed E-state index contributed by atoms with van der Waals surface area (Å²) in [6.07, 6.45) is 0. The molecule has 3 aromatic rings. The second kappa shape index (κ2) is 41.4. The van der Waals surface area contributed by atoms with E-state index < -0.39 is 0 Å². The molecule has 12 N–H and O–H groups in total. The Balaban J connectivity index is 2.17. The van der Waals surface area contributed by atoms with Gasteiger partial charge in [0, 0.05) is 180 Å². The highest BCUT2D eigenvalue weighted by molar-refractivity contribution is 5.56. The highest BCUT2D eigenvalue weighted by Gasteiger charge is 2.22. The first-order valence-corrected chi connectivity index (χ1v) is 27.4. The predicted octanol–water partition coefficient (Wildman–Crippen LogP) is -2.99. The third kappa shape index (κ3) is 25.0. The number of hydrogen-bond acceptors (Lipinski definition) is 21. The Bertz CT molecular complexity index is 1530. The predicted molar refractivity (Wildman–Crippen MR) is 301 cm³/mol. The van der Waals surface area contributed by atoms with Crippen molar-refractivity contribution in [2.24, 2.45) is 0 Å². The molecule has 21 heteroatoms. The minimum Gasteiger partial charge on any atom is -0.395 e. The van der Waals surface area contributed by atoms with Gasteiger partial charge in [-0.2, -0.15) is 0 Å². The van der Waals surface area contributed by atoms with Crippen LogP contribution in [0.4, 0.5) is 17.1 Å². The molecular weight excluding hydrogens is 979 g/mol. The number of rotatable bonds is 48. The second-order valence-corrected chi connectivity index (χ2v) is 18.9. The molecule has 0 aromatic heterocycles. The monoisotopic (exact) mass is 1080 g/mol. The Morgan fingerprint density at radius 3 is 0.474 bits per heavy atom. The highest BCUT2D eigenvalue weighted by atomic mass is 16.3. The van der Waals surface area contributed by atoms with E-state index in [9.17, 15) is 61.3 Å². The van der Waals surface area contributed by atoms with Gasteiger partial charge in [0.1, 0.15) is 0 Å². The Kier molecular flexibility index (Phi) is 36.3. The second-order valence-electron chi connectivity index (χ2n) is 18.9. The lowest BCUT2D eigenvalue weighted by atomic mass is 9.85. The summed E-state index contributed by atoms with van der Waals surface area (Å²) >= 11 is 0. The van der Waals surface area contributed by atoms with Crippen LogP contribution in [-0.2, 0) is 0 Å². The fourth-order valence-corrected chi connectivity index (χ4v) is 9.60. The molecule has 3 rings (SSSR count). The standard InChI is InChI=1S/C55H97N9O12/c65-37-25-56(26-38-66)13-19-62(20-14-57(27-39-67)28-40-68)52-7-1-49(2-8-52)55(50-3-9-53(10-4-50)63(21-15-58(29-41-69)30-42-70)22-16-59(31-43-71)32-44-72)51-5-11-54(12-6-51)64(23-17-60(33-45-73)34-46-74)24-18-61(35-47-75)36-48-76/h1-12,55,65-76H,13-48H2. The number of nitrogens with zero attached hydrogens (tertiary/aromatic N) is 9. The van der Waals surface area contributed by atoms with E-state index >= 15 is 0 Å². The fraction of sp³-hybridized carbons (Fsp3) is 0.673. The van der Waals surface area contributed by atoms with Gasteiger partial charge in [-0.05, 0) is 53.1 Å². The first-order chi connectivity index (χ1) is 37.2. The van der Waals surface area contributed by atoms with Gasteiger partial charge in [-0.25, -0.2) is 0 Å². The molecule has 0 unspecified atom stereocenters. The zero-order valence-corrected chi connectivity index (χ0v) is 45.4. The molecule has 0 aliphatic rings. The van der Waals surface area contributed by atoms with Crippen LogP contribution in [0.15, 0.2) is 72.8 Å². The van der Waals surface area contributed by atoms with Crippen molar-refractivity contribution >= 4 is 17.1 Å². The van der Waals surface area contributed by atoms with E-state index in [4.69, 9.17) is 0 Å². The molecule has 0 atom stereocenters. The average molecular weight is 1080 g/mol. The summed E-state index contributed by atoms with van der Waals surface area (Å²) in [6.45, 7) is 12.0. The Hall–Kier alpha value is -3.66. The number of aliphatic hydroxyl groups is 12. The molecule has 21 nitrogen and oxygen atoms in total. The van der Waals surface area contributed by atoms with Gasteiger partial charge >= 0.3 is 0 Å². The van der Waals surface area contributed by atoms with E-state index in [1.807, 2.05) is 29.4 Å². The third-order valence-electron chi connectivity index (χ3n) is 13.9. The minimum atomic E-state index is -0.218. The first kappa shape index (κ1) is 66.6. The molecule has 0 radical (unpaired) electrons. The largest absolute Gasteiger partial charge is 0.395 e. The van der Waals surface area contributed by atoms with Crippen molar-refractivity contribution in [3.63, 3.8) is 0 Å². The Morgan fingerprint density at radius 1 is 0.197 bits per heavy atom. The van der Waals surface area contributed by atoms with Crippen LogP contribution in [0.3, 0.4) is 0 Å². The average Bonchev–Trinajstić information content (AvgIpc) is 3.42. The Labute approximate surface area is 452 Å². The van der Waals surface area contributed by atoms with Crippen LogP contribution < -0.4 is 14.7 Å². The van der Waals surface area contributed by atoms with Gasteiger partial charge < -0.3 is 76.0 Å². The molecule has 0 saturated heterocycles. The quantitative estimate of drug-likeness (QED) is 0.0252. The van der Waals surface area contributed by atoms with Gasteiger partial charge in [-0.3, -0.25) is 29.4 Å². The van der Waals surface area contributed by atoms with E-state index in [0.717, 1.165) is 33.8 Å². The van der Waals surface area contributed by atoms with Gasteiger partial charge in [0.15, 0.2) is 0 Å². The number of aliphatic hydroxyl groups excluding tert-OH is 12. The van der Waals surface area contributed by atoms with Crippen LogP contribution in [0.25, 0.3) is 0 Å². The summed E-state index contributed by atoms with van der Waals surface area (Å²) in [7, 11) is 0. The summed E-state index contributed by atoms with van der Waals surface area (Å²) in [5.74, 6) is -0.218. The van der Waals surface area contributed by atoms with Gasteiger partial charge in [0.2, 0.25) is 0 Å². The van der Waals surface area contributed by atoms with Gasteiger partial charge in [0.25, 0.3) is 0 Å². The van der Waals surface area contributed by atoms with Crippen molar-refractivity contribution in [1.82, 2.24) is 29.4 Å². The Morgan fingerprint density at radius 2 is 0.342 bits per heavy atom. The van der Waals surface area contributed by atoms with Crippen LogP contribution in [-0.4, -0.2) is 327 Å². The molecule has 0 bridgehead atoms. The van der Waals surface area contributed by atoms with Crippen molar-refractivity contribution in [2.75, 3.05) is 251 Å². The number of anilines is 3. The maximum Gasteiger partial charge on any atom is 0.0558 e. The molecule has 0 fully saturated rings. The van der Waals surface area contributed by atoms with Crippen molar-refractivity contribution in [2.45, 2.75) is 5.92 Å². The lowest BCUT2D eigenvalue weighted by Crippen LogP contribution is -2.42. The lowest BCUT2D eigenvalue weighted by Gasteiger charge is -2.32. The topological polar surface area (TPSA) is 272 Å². The van der Waals surface area contributed by atoms with Gasteiger partial charge in [-0.15, -0.1) is 0 Å². The molecule has 0 heterocycles. The van der Waals surface area contributed by atoms with Gasteiger partial charge in [-0.1, -0.05) is 36.4 Å². The molecule has 3 aromatic carbocycles. The smallest absolute Gasteiger partial charge is 0.0558 e. The third-order valence-corrected chi connectivity index (χ3v) is 13.9. The van der Waals surface area contributed by atoms with Crippen molar-refractivity contribution in [3.8, 4) is 0 Å². The molecule has 0 aliphatic heterocycles. The minimum absolute atomic E-state index is 0.0294. The molecule has 0 amide bonds. The van der Waals surface area contributed by atoms with E-state index in [1.54, 1.807) is 0 Å². The maximum absolute atomic E-state index is 9.75.